The highest BCUT2D eigenvalue weighted by Gasteiger charge is 2.43. The number of unbranched alkanes of at least 4 members (excludes halogenated alkanes) is 8. The Hall–Kier alpha value is -0.940. The van der Waals surface area contributed by atoms with Crippen molar-refractivity contribution in [2.24, 2.45) is 4.99 Å². The molecule has 1 rings (SSSR count). The van der Waals surface area contributed by atoms with Crippen molar-refractivity contribution >= 4 is 11.8 Å². The van der Waals surface area contributed by atoms with Crippen LogP contribution in [0.4, 0.5) is 0 Å². The Morgan fingerprint density at radius 3 is 2.22 bits per heavy atom. The summed E-state index contributed by atoms with van der Waals surface area (Å²) < 4.78 is 0.131. The Bertz CT molecular complexity index is 382. The second-order valence-electron chi connectivity index (χ2n) is 6.82. The third kappa shape index (κ3) is 6.60. The average molecular weight is 327 g/mol. The quantitative estimate of drug-likeness (QED) is 0.401. The molecule has 0 spiro atoms. The number of carboxylic acid groups (broad SMARTS) is 1. The molecule has 0 saturated carbocycles. The first-order valence-electron chi connectivity index (χ1n) is 9.33. The number of quaternary nitrogens is 1. The number of rotatable bonds is 13. The van der Waals surface area contributed by atoms with Crippen molar-refractivity contribution in [1.29, 1.82) is 0 Å². The molecule has 0 amide bonds. The minimum atomic E-state index is -0.868. The first-order valence-corrected chi connectivity index (χ1v) is 9.33. The lowest BCUT2D eigenvalue weighted by atomic mass is 10.1. The number of hydrogen-bond acceptors (Lipinski definition) is 3. The summed E-state index contributed by atoms with van der Waals surface area (Å²) in [6.07, 6.45) is 11.5. The van der Waals surface area contributed by atoms with Gasteiger partial charge in [0.2, 0.25) is 5.84 Å². The van der Waals surface area contributed by atoms with Crippen LogP contribution in [0.5, 0.6) is 0 Å². The number of carbonyl (C=O) groups is 1. The molecule has 2 N–H and O–H groups in total. The molecule has 0 aromatic carbocycles. The molecule has 1 aliphatic heterocycles. The van der Waals surface area contributed by atoms with Gasteiger partial charge in [-0.25, -0.2) is 14.3 Å². The molecule has 5 nitrogen and oxygen atoms in total. The molecule has 134 valence electrons. The summed E-state index contributed by atoms with van der Waals surface area (Å²) in [5, 5.41) is 19.2. The van der Waals surface area contributed by atoms with Crippen molar-refractivity contribution in [2.45, 2.75) is 84.3 Å². The normalized spacial score (nSPS) is 22.1. The lowest BCUT2D eigenvalue weighted by Crippen LogP contribution is -2.59. The fourth-order valence-electron chi connectivity index (χ4n) is 3.47. The third-order valence-corrected chi connectivity index (χ3v) is 4.94. The molecule has 0 aliphatic carbocycles. The maximum atomic E-state index is 11.2. The van der Waals surface area contributed by atoms with E-state index >= 15 is 0 Å². The summed E-state index contributed by atoms with van der Waals surface area (Å²) in [7, 11) is 0. The zero-order chi connectivity index (χ0) is 17.1. The first kappa shape index (κ1) is 20.1. The van der Waals surface area contributed by atoms with Gasteiger partial charge >= 0.3 is 5.97 Å². The molecule has 5 heteroatoms. The number of aliphatic carboxylic acids is 1. The van der Waals surface area contributed by atoms with E-state index in [1.54, 1.807) is 6.92 Å². The second-order valence-corrected chi connectivity index (χ2v) is 6.82. The van der Waals surface area contributed by atoms with Gasteiger partial charge in [-0.3, -0.25) is 0 Å². The van der Waals surface area contributed by atoms with Gasteiger partial charge in [0, 0.05) is 13.3 Å². The smallest absolute Gasteiger partial charge is 0.359 e. The molecular weight excluding hydrogens is 292 g/mol. The Balaban J connectivity index is 2.26. The van der Waals surface area contributed by atoms with Gasteiger partial charge in [-0.05, 0) is 6.42 Å². The minimum Gasteiger partial charge on any atom is -0.477 e. The molecule has 1 heterocycles. The number of hydrogen-bond donors (Lipinski definition) is 2. The number of carboxylic acids is 1. The zero-order valence-corrected chi connectivity index (χ0v) is 15.0. The summed E-state index contributed by atoms with van der Waals surface area (Å²) in [5.41, 5.74) is 0. The van der Waals surface area contributed by atoms with Crippen LogP contribution in [-0.2, 0) is 4.79 Å². The lowest BCUT2D eigenvalue weighted by molar-refractivity contribution is -0.877. The SMILES string of the molecule is CCCCCCCCCCCC1=NCC[N+]1(CC(=O)O)C(C)O. The van der Waals surface area contributed by atoms with Gasteiger partial charge in [-0.1, -0.05) is 58.3 Å². The van der Waals surface area contributed by atoms with Crippen LogP contribution in [0.25, 0.3) is 0 Å². The van der Waals surface area contributed by atoms with Gasteiger partial charge in [-0.2, -0.15) is 0 Å². The monoisotopic (exact) mass is 327 g/mol. The molecular formula is C18H35N2O3+. The van der Waals surface area contributed by atoms with Crippen LogP contribution in [-0.4, -0.2) is 52.4 Å². The summed E-state index contributed by atoms with van der Waals surface area (Å²) in [5.74, 6) is 0.0120. The predicted molar refractivity (Wildman–Crippen MR) is 93.5 cm³/mol. The first-order chi connectivity index (χ1) is 11.0. The van der Waals surface area contributed by atoms with Gasteiger partial charge in [0.15, 0.2) is 12.8 Å². The molecule has 0 fully saturated rings. The summed E-state index contributed by atoms with van der Waals surface area (Å²) in [4.78, 5) is 15.6. The second kappa shape index (κ2) is 10.8. The standard InChI is InChI=1S/C18H34N2O3/c1-3-4-5-6-7-8-9-10-11-12-17-19-13-14-20(17,16(2)21)15-18(22)23/h16,21H,3-15H2,1-2H3/p+1. The fraction of sp³-hybridized carbons (Fsp3) is 0.889. The highest BCUT2D eigenvalue weighted by atomic mass is 16.4. The Kier molecular flexibility index (Phi) is 9.41. The van der Waals surface area contributed by atoms with Crippen LogP contribution < -0.4 is 0 Å². The number of aliphatic hydroxyl groups is 1. The third-order valence-electron chi connectivity index (χ3n) is 4.94. The van der Waals surface area contributed by atoms with Gasteiger partial charge < -0.3 is 10.2 Å². The van der Waals surface area contributed by atoms with E-state index in [2.05, 4.69) is 11.9 Å². The largest absolute Gasteiger partial charge is 0.477 e. The van der Waals surface area contributed by atoms with E-state index in [-0.39, 0.29) is 11.0 Å². The van der Waals surface area contributed by atoms with Crippen molar-refractivity contribution in [3.63, 3.8) is 0 Å². The molecule has 0 aromatic heterocycles. The highest BCUT2D eigenvalue weighted by molar-refractivity contribution is 5.80. The van der Waals surface area contributed by atoms with Crippen LogP contribution in [0.2, 0.25) is 0 Å². The molecule has 2 atom stereocenters. The van der Waals surface area contributed by atoms with E-state index < -0.39 is 12.2 Å². The van der Waals surface area contributed by atoms with Crippen LogP contribution in [0.15, 0.2) is 4.99 Å². The molecule has 1 aliphatic rings. The van der Waals surface area contributed by atoms with E-state index in [4.69, 9.17) is 5.11 Å². The van der Waals surface area contributed by atoms with E-state index in [0.717, 1.165) is 18.7 Å². The van der Waals surface area contributed by atoms with Gasteiger partial charge in [0.1, 0.15) is 6.54 Å². The van der Waals surface area contributed by atoms with Crippen LogP contribution in [0.3, 0.4) is 0 Å². The van der Waals surface area contributed by atoms with Crippen molar-refractivity contribution in [3.05, 3.63) is 0 Å². The zero-order valence-electron chi connectivity index (χ0n) is 15.0. The minimum absolute atomic E-state index is 0.0616. The Morgan fingerprint density at radius 1 is 1.13 bits per heavy atom. The highest BCUT2D eigenvalue weighted by Crippen LogP contribution is 2.23. The van der Waals surface area contributed by atoms with E-state index in [9.17, 15) is 9.90 Å². The number of aliphatic hydroxyl groups excluding tert-OH is 1. The molecule has 0 saturated heterocycles. The lowest BCUT2D eigenvalue weighted by Gasteiger charge is -2.35. The average Bonchev–Trinajstić information content (AvgIpc) is 2.89. The van der Waals surface area contributed by atoms with E-state index in [0.29, 0.717) is 13.1 Å². The topological polar surface area (TPSA) is 69.9 Å². The van der Waals surface area contributed by atoms with Crippen molar-refractivity contribution in [3.8, 4) is 0 Å². The van der Waals surface area contributed by atoms with Crippen LogP contribution >= 0.6 is 0 Å². The molecule has 2 unspecified atom stereocenters. The predicted octanol–water partition coefficient (Wildman–Crippen LogP) is 3.56. The van der Waals surface area contributed by atoms with Crippen LogP contribution in [0.1, 0.15) is 78.1 Å². The van der Waals surface area contributed by atoms with Gasteiger partial charge in [0.25, 0.3) is 0 Å². The molecule has 0 bridgehead atoms. The molecule has 0 aromatic rings. The van der Waals surface area contributed by atoms with E-state index in [1.165, 1.54) is 51.4 Å². The Labute approximate surface area is 141 Å². The maximum absolute atomic E-state index is 11.2. The number of amidine groups is 1. The molecule has 23 heavy (non-hydrogen) atoms. The number of nitrogens with zero attached hydrogens (tertiary/aromatic N) is 2. The fourth-order valence-corrected chi connectivity index (χ4v) is 3.47. The summed E-state index contributed by atoms with van der Waals surface area (Å²) >= 11 is 0. The summed E-state index contributed by atoms with van der Waals surface area (Å²) in [6.45, 7) is 5.09. The summed E-state index contributed by atoms with van der Waals surface area (Å²) in [6, 6.07) is 0. The van der Waals surface area contributed by atoms with E-state index in [1.807, 2.05) is 0 Å². The van der Waals surface area contributed by atoms with Crippen molar-refractivity contribution in [2.75, 3.05) is 19.6 Å². The molecule has 0 radical (unpaired) electrons. The van der Waals surface area contributed by atoms with Crippen LogP contribution in [0, 0.1) is 0 Å². The van der Waals surface area contributed by atoms with Gasteiger partial charge in [-0.15, -0.1) is 0 Å². The number of aliphatic imine (C=N–C) groups is 1. The Morgan fingerprint density at radius 2 is 1.70 bits per heavy atom. The van der Waals surface area contributed by atoms with Gasteiger partial charge in [0.05, 0.1) is 6.54 Å². The van der Waals surface area contributed by atoms with Crippen molar-refractivity contribution in [1.82, 2.24) is 0 Å². The maximum Gasteiger partial charge on any atom is 0.359 e. The van der Waals surface area contributed by atoms with Crippen molar-refractivity contribution < 1.29 is 19.5 Å².